The summed E-state index contributed by atoms with van der Waals surface area (Å²) in [6.07, 6.45) is 3.51. The first kappa shape index (κ1) is 19.6. The highest BCUT2D eigenvalue weighted by molar-refractivity contribution is 5.76. The van der Waals surface area contributed by atoms with Gasteiger partial charge in [-0.05, 0) is 36.6 Å². The number of rotatable bonds is 7. The molecule has 6 nitrogen and oxygen atoms in total. The monoisotopic (exact) mass is 404 g/mol. The first-order valence-corrected chi connectivity index (χ1v) is 9.69. The van der Waals surface area contributed by atoms with E-state index in [1.807, 2.05) is 18.2 Å². The smallest absolute Gasteiger partial charge is 0.294 e. The zero-order valence-electron chi connectivity index (χ0n) is 16.5. The van der Waals surface area contributed by atoms with E-state index in [1.54, 1.807) is 25.4 Å². The second-order valence-electron chi connectivity index (χ2n) is 6.89. The number of nitrogens with one attached hydrogen (secondary N) is 1. The van der Waals surface area contributed by atoms with Crippen molar-refractivity contribution in [1.29, 1.82) is 0 Å². The summed E-state index contributed by atoms with van der Waals surface area (Å²) in [7, 11) is 1.60. The average molecular weight is 404 g/mol. The summed E-state index contributed by atoms with van der Waals surface area (Å²) in [5.74, 6) is -0.0758. The van der Waals surface area contributed by atoms with Crippen LogP contribution in [0.15, 0.2) is 71.7 Å². The molecule has 0 aliphatic heterocycles. The predicted molar refractivity (Wildman–Crippen MR) is 115 cm³/mol. The van der Waals surface area contributed by atoms with Crippen LogP contribution in [0.5, 0.6) is 11.5 Å². The molecule has 0 amide bonds. The van der Waals surface area contributed by atoms with E-state index in [9.17, 15) is 9.18 Å². The Morgan fingerprint density at radius 3 is 2.63 bits per heavy atom. The summed E-state index contributed by atoms with van der Waals surface area (Å²) in [5.41, 5.74) is 1.35. The Balaban J connectivity index is 1.50. The zero-order valence-corrected chi connectivity index (χ0v) is 16.5. The van der Waals surface area contributed by atoms with Crippen molar-refractivity contribution in [2.75, 3.05) is 11.9 Å². The van der Waals surface area contributed by atoms with Gasteiger partial charge >= 0.3 is 0 Å². The molecule has 30 heavy (non-hydrogen) atoms. The van der Waals surface area contributed by atoms with Crippen molar-refractivity contribution in [3.63, 3.8) is 0 Å². The van der Waals surface area contributed by atoms with E-state index < -0.39 is 11.4 Å². The molecule has 0 bridgehead atoms. The summed E-state index contributed by atoms with van der Waals surface area (Å²) in [5, 5.41) is 3.82. The van der Waals surface area contributed by atoms with E-state index in [2.05, 4.69) is 27.4 Å². The molecule has 4 rings (SSSR count). The van der Waals surface area contributed by atoms with Crippen molar-refractivity contribution in [1.82, 2.24) is 14.5 Å². The molecule has 0 atom stereocenters. The zero-order chi connectivity index (χ0) is 20.9. The lowest BCUT2D eigenvalue weighted by molar-refractivity contribution is 0.434. The second-order valence-corrected chi connectivity index (χ2v) is 6.89. The van der Waals surface area contributed by atoms with Crippen LogP contribution in [0.4, 0.5) is 10.3 Å². The molecule has 152 valence electrons. The Hall–Kier alpha value is -3.74. The van der Waals surface area contributed by atoms with Crippen LogP contribution in [-0.4, -0.2) is 21.1 Å². The lowest BCUT2D eigenvalue weighted by Gasteiger charge is -2.11. The van der Waals surface area contributed by atoms with Crippen LogP contribution in [0.2, 0.25) is 0 Å². The fourth-order valence-corrected chi connectivity index (χ4v) is 3.16. The third-order valence-corrected chi connectivity index (χ3v) is 4.74. The number of ether oxygens (including phenoxy) is 1. The van der Waals surface area contributed by atoms with E-state index in [-0.39, 0.29) is 11.5 Å². The summed E-state index contributed by atoms with van der Waals surface area (Å²) in [4.78, 5) is 21.4. The lowest BCUT2D eigenvalue weighted by Crippen LogP contribution is -2.20. The van der Waals surface area contributed by atoms with Crippen LogP contribution in [0, 0.1) is 5.82 Å². The molecule has 2 heterocycles. The fourth-order valence-electron chi connectivity index (χ4n) is 3.16. The molecule has 4 aromatic rings. The standard InChI is InChI=1S/C23H21FN4O2/c1-28-21-17(14-20(22(28)29)30-19-12-6-5-11-18(19)24)15-26-23(27-21)25-13-7-10-16-8-3-2-4-9-16/h2-6,8-9,11-12,14-15H,7,10,13H2,1H3,(H,25,26,27). The molecular formula is C23H21FN4O2. The van der Waals surface area contributed by atoms with Gasteiger partial charge in [-0.3, -0.25) is 9.36 Å². The fraction of sp³-hybridized carbons (Fsp3) is 0.174. The van der Waals surface area contributed by atoms with Crippen LogP contribution in [-0.2, 0) is 13.5 Å². The van der Waals surface area contributed by atoms with Crippen LogP contribution >= 0.6 is 0 Å². The lowest BCUT2D eigenvalue weighted by atomic mass is 10.1. The van der Waals surface area contributed by atoms with Gasteiger partial charge < -0.3 is 10.1 Å². The first-order valence-electron chi connectivity index (χ1n) is 9.69. The molecule has 7 heteroatoms. The summed E-state index contributed by atoms with van der Waals surface area (Å²) >= 11 is 0. The largest absolute Gasteiger partial charge is 0.448 e. The highest BCUT2D eigenvalue weighted by atomic mass is 19.1. The van der Waals surface area contributed by atoms with E-state index in [4.69, 9.17) is 4.74 Å². The number of fused-ring (bicyclic) bond motifs is 1. The molecule has 0 radical (unpaired) electrons. The molecule has 0 fully saturated rings. The van der Waals surface area contributed by atoms with Gasteiger partial charge in [-0.1, -0.05) is 42.5 Å². The Morgan fingerprint density at radius 1 is 1.07 bits per heavy atom. The number of anilines is 1. The minimum atomic E-state index is -0.536. The molecule has 0 aliphatic rings. The highest BCUT2D eigenvalue weighted by Crippen LogP contribution is 2.24. The van der Waals surface area contributed by atoms with Gasteiger partial charge in [0.1, 0.15) is 5.65 Å². The molecule has 0 unspecified atom stereocenters. The van der Waals surface area contributed by atoms with Gasteiger partial charge in [0.05, 0.1) is 0 Å². The maximum atomic E-state index is 13.9. The molecule has 0 saturated heterocycles. The second kappa shape index (κ2) is 8.73. The average Bonchev–Trinajstić information content (AvgIpc) is 2.77. The Morgan fingerprint density at radius 2 is 1.83 bits per heavy atom. The molecular weight excluding hydrogens is 383 g/mol. The SMILES string of the molecule is Cn1c(=O)c(Oc2ccccc2F)cc2cnc(NCCCc3ccccc3)nc21. The van der Waals surface area contributed by atoms with Crippen molar-refractivity contribution in [3.05, 3.63) is 88.6 Å². The first-order chi connectivity index (χ1) is 14.6. The van der Waals surface area contributed by atoms with Crippen molar-refractivity contribution < 1.29 is 9.13 Å². The number of hydrogen-bond acceptors (Lipinski definition) is 5. The third kappa shape index (κ3) is 4.30. The van der Waals surface area contributed by atoms with Gasteiger partial charge in [0.2, 0.25) is 5.95 Å². The van der Waals surface area contributed by atoms with E-state index in [0.717, 1.165) is 12.8 Å². The van der Waals surface area contributed by atoms with Crippen molar-refractivity contribution in [3.8, 4) is 11.5 Å². The summed E-state index contributed by atoms with van der Waals surface area (Å²) in [6, 6.07) is 17.7. The molecule has 2 aromatic carbocycles. The van der Waals surface area contributed by atoms with Crippen molar-refractivity contribution in [2.24, 2.45) is 7.05 Å². The number of nitrogens with zero attached hydrogens (tertiary/aromatic N) is 3. The van der Waals surface area contributed by atoms with Gasteiger partial charge in [0, 0.05) is 25.2 Å². The summed E-state index contributed by atoms with van der Waals surface area (Å²) in [6.45, 7) is 0.711. The number of hydrogen-bond donors (Lipinski definition) is 1. The Labute approximate surface area is 173 Å². The maximum Gasteiger partial charge on any atom is 0.294 e. The molecule has 2 aromatic heterocycles. The number of aryl methyl sites for hydroxylation is 2. The van der Waals surface area contributed by atoms with E-state index in [0.29, 0.717) is 23.5 Å². The minimum absolute atomic E-state index is 0.00780. The molecule has 0 spiro atoms. The topological polar surface area (TPSA) is 69.0 Å². The molecule has 0 aliphatic carbocycles. The summed E-state index contributed by atoms with van der Waals surface area (Å²) < 4.78 is 20.7. The van der Waals surface area contributed by atoms with Gasteiger partial charge in [-0.2, -0.15) is 4.98 Å². The third-order valence-electron chi connectivity index (χ3n) is 4.74. The Bertz CT molecular complexity index is 1230. The van der Waals surface area contributed by atoms with Crippen LogP contribution in [0.1, 0.15) is 12.0 Å². The Kier molecular flexibility index (Phi) is 5.70. The van der Waals surface area contributed by atoms with Crippen molar-refractivity contribution in [2.45, 2.75) is 12.8 Å². The van der Waals surface area contributed by atoms with Crippen LogP contribution in [0.25, 0.3) is 11.0 Å². The number of aromatic nitrogens is 3. The number of para-hydroxylation sites is 1. The van der Waals surface area contributed by atoms with Gasteiger partial charge in [-0.15, -0.1) is 0 Å². The van der Waals surface area contributed by atoms with Crippen molar-refractivity contribution >= 4 is 17.0 Å². The van der Waals surface area contributed by atoms with Gasteiger partial charge in [0.25, 0.3) is 5.56 Å². The number of halogens is 1. The molecule has 1 N–H and O–H groups in total. The van der Waals surface area contributed by atoms with E-state index >= 15 is 0 Å². The predicted octanol–water partition coefficient (Wildman–Crippen LogP) is 4.30. The van der Waals surface area contributed by atoms with Crippen LogP contribution in [0.3, 0.4) is 0 Å². The maximum absolute atomic E-state index is 13.9. The minimum Gasteiger partial charge on any atom is -0.448 e. The van der Waals surface area contributed by atoms with Crippen LogP contribution < -0.4 is 15.6 Å². The van der Waals surface area contributed by atoms with Gasteiger partial charge in [0.15, 0.2) is 17.3 Å². The quantitative estimate of drug-likeness (QED) is 0.465. The van der Waals surface area contributed by atoms with E-state index in [1.165, 1.54) is 28.3 Å². The van der Waals surface area contributed by atoms with Gasteiger partial charge in [-0.25, -0.2) is 9.37 Å². The normalized spacial score (nSPS) is 10.9. The number of benzene rings is 2. The highest BCUT2D eigenvalue weighted by Gasteiger charge is 2.13. The number of pyridine rings is 1. The molecule has 0 saturated carbocycles.